The molecule has 1 unspecified atom stereocenters. The van der Waals surface area contributed by atoms with Gasteiger partial charge in [-0.2, -0.15) is 13.2 Å². The van der Waals surface area contributed by atoms with Crippen molar-refractivity contribution in [2.75, 3.05) is 0 Å². The van der Waals surface area contributed by atoms with Gasteiger partial charge in [0.25, 0.3) is 0 Å². The van der Waals surface area contributed by atoms with Crippen LogP contribution in [-0.2, 0) is 6.18 Å². The van der Waals surface area contributed by atoms with Gasteiger partial charge in [0.1, 0.15) is 17.0 Å². The molecule has 0 spiro atoms. The highest BCUT2D eigenvalue weighted by molar-refractivity contribution is 9.10. The molecule has 1 atom stereocenters. The van der Waals surface area contributed by atoms with Crippen LogP contribution < -0.4 is 0 Å². The van der Waals surface area contributed by atoms with E-state index in [0.29, 0.717) is 5.56 Å². The monoisotopic (exact) mass is 379 g/mol. The molecule has 2 rings (SSSR count). The molecule has 0 fully saturated rings. The molecule has 0 bridgehead atoms. The SMILES string of the molecule is Cc1cc(C(O)c2ccc(C(F)(F)F)nc2Cl)ccc1Br. The summed E-state index contributed by atoms with van der Waals surface area (Å²) >= 11 is 9.11. The number of benzene rings is 1. The van der Waals surface area contributed by atoms with E-state index in [9.17, 15) is 18.3 Å². The van der Waals surface area contributed by atoms with Gasteiger partial charge in [0.15, 0.2) is 0 Å². The summed E-state index contributed by atoms with van der Waals surface area (Å²) in [5.74, 6) is 0. The molecule has 2 aromatic rings. The Morgan fingerprint density at radius 1 is 1.24 bits per heavy atom. The van der Waals surface area contributed by atoms with Crippen molar-refractivity contribution in [3.8, 4) is 0 Å². The summed E-state index contributed by atoms with van der Waals surface area (Å²) in [5, 5.41) is 9.90. The summed E-state index contributed by atoms with van der Waals surface area (Å²) in [5.41, 5.74) is 0.462. The van der Waals surface area contributed by atoms with Crippen LogP contribution in [0.15, 0.2) is 34.8 Å². The van der Waals surface area contributed by atoms with Crippen LogP contribution in [0.4, 0.5) is 13.2 Å². The maximum Gasteiger partial charge on any atom is 0.433 e. The second-order valence-electron chi connectivity index (χ2n) is 4.49. The van der Waals surface area contributed by atoms with E-state index < -0.39 is 18.0 Å². The highest BCUT2D eigenvalue weighted by Gasteiger charge is 2.33. The van der Waals surface area contributed by atoms with Crippen LogP contribution >= 0.6 is 27.5 Å². The number of alkyl halides is 3. The number of aliphatic hydroxyl groups excluding tert-OH is 1. The minimum atomic E-state index is -4.57. The van der Waals surface area contributed by atoms with E-state index >= 15 is 0 Å². The summed E-state index contributed by atoms with van der Waals surface area (Å²) in [6.07, 6.45) is -5.71. The Morgan fingerprint density at radius 2 is 1.90 bits per heavy atom. The number of nitrogens with zero attached hydrogens (tertiary/aromatic N) is 1. The average molecular weight is 381 g/mol. The first-order valence-corrected chi connectivity index (χ1v) is 7.05. The van der Waals surface area contributed by atoms with Crippen LogP contribution in [-0.4, -0.2) is 10.1 Å². The second-order valence-corrected chi connectivity index (χ2v) is 5.70. The highest BCUT2D eigenvalue weighted by atomic mass is 79.9. The molecule has 1 N–H and O–H groups in total. The predicted octanol–water partition coefficient (Wildman–Crippen LogP) is 4.91. The van der Waals surface area contributed by atoms with Gasteiger partial charge < -0.3 is 5.11 Å². The first-order valence-electron chi connectivity index (χ1n) is 5.88. The minimum absolute atomic E-state index is 0.131. The molecule has 0 amide bonds. The summed E-state index contributed by atoms with van der Waals surface area (Å²) in [6.45, 7) is 1.84. The summed E-state index contributed by atoms with van der Waals surface area (Å²) in [7, 11) is 0. The minimum Gasteiger partial charge on any atom is -0.384 e. The Labute approximate surface area is 132 Å². The van der Waals surface area contributed by atoms with Crippen LogP contribution in [0, 0.1) is 6.92 Å². The smallest absolute Gasteiger partial charge is 0.384 e. The third kappa shape index (κ3) is 3.56. The molecule has 112 valence electrons. The number of pyridine rings is 1. The van der Waals surface area contributed by atoms with Crippen LogP contribution in [0.25, 0.3) is 0 Å². The van der Waals surface area contributed by atoms with Gasteiger partial charge >= 0.3 is 6.18 Å². The van der Waals surface area contributed by atoms with Gasteiger partial charge in [-0.15, -0.1) is 0 Å². The zero-order chi connectivity index (χ0) is 15.8. The van der Waals surface area contributed by atoms with Gasteiger partial charge in [-0.25, -0.2) is 4.98 Å². The molecular formula is C14H10BrClF3NO. The number of hydrogen-bond acceptors (Lipinski definition) is 2. The highest BCUT2D eigenvalue weighted by Crippen LogP contribution is 2.33. The fourth-order valence-electron chi connectivity index (χ4n) is 1.82. The van der Waals surface area contributed by atoms with Crippen LogP contribution in [0.2, 0.25) is 5.15 Å². The average Bonchev–Trinajstić information content (AvgIpc) is 2.40. The summed E-state index contributed by atoms with van der Waals surface area (Å²) in [6, 6.07) is 7.08. The van der Waals surface area contributed by atoms with Crippen molar-refractivity contribution in [2.24, 2.45) is 0 Å². The van der Waals surface area contributed by atoms with Gasteiger partial charge in [-0.1, -0.05) is 45.7 Å². The maximum atomic E-state index is 12.5. The third-order valence-corrected chi connectivity index (χ3v) is 4.15. The van der Waals surface area contributed by atoms with Crippen molar-refractivity contribution < 1.29 is 18.3 Å². The topological polar surface area (TPSA) is 33.1 Å². The molecule has 1 aromatic heterocycles. The largest absolute Gasteiger partial charge is 0.433 e. The number of aromatic nitrogens is 1. The lowest BCUT2D eigenvalue weighted by Gasteiger charge is -2.15. The van der Waals surface area contributed by atoms with Crippen LogP contribution in [0.3, 0.4) is 0 Å². The molecule has 1 heterocycles. The first-order chi connectivity index (χ1) is 9.70. The number of halogens is 5. The molecule has 0 radical (unpaired) electrons. The van der Waals surface area contributed by atoms with E-state index in [1.54, 1.807) is 18.2 Å². The Hall–Kier alpha value is -1.11. The lowest BCUT2D eigenvalue weighted by molar-refractivity contribution is -0.141. The second kappa shape index (κ2) is 5.94. The Morgan fingerprint density at radius 3 is 2.43 bits per heavy atom. The normalized spacial score (nSPS) is 13.3. The van der Waals surface area contributed by atoms with Gasteiger partial charge in [-0.05, 0) is 30.2 Å². The van der Waals surface area contributed by atoms with Crippen molar-refractivity contribution in [1.82, 2.24) is 4.98 Å². The lowest BCUT2D eigenvalue weighted by Crippen LogP contribution is -2.10. The first kappa shape index (κ1) is 16.3. The number of hydrogen-bond donors (Lipinski definition) is 1. The Balaban J connectivity index is 2.39. The molecule has 2 nitrogen and oxygen atoms in total. The van der Waals surface area contributed by atoms with E-state index in [-0.39, 0.29) is 10.7 Å². The van der Waals surface area contributed by atoms with Gasteiger partial charge in [0.05, 0.1) is 0 Å². The van der Waals surface area contributed by atoms with Crippen molar-refractivity contribution in [2.45, 2.75) is 19.2 Å². The summed E-state index contributed by atoms with van der Waals surface area (Å²) < 4.78 is 38.5. The van der Waals surface area contributed by atoms with Gasteiger partial charge in [-0.3, -0.25) is 0 Å². The number of aryl methyl sites for hydroxylation is 1. The number of aliphatic hydroxyl groups is 1. The standard InChI is InChI=1S/C14H10BrClF3NO/c1-7-6-8(2-4-10(7)15)12(21)9-3-5-11(14(17,18)19)20-13(9)16/h2-6,12,21H,1H3. The van der Waals surface area contributed by atoms with Crippen molar-refractivity contribution >= 4 is 27.5 Å². The van der Waals surface area contributed by atoms with Gasteiger partial charge in [0, 0.05) is 10.0 Å². The van der Waals surface area contributed by atoms with Crippen LogP contribution in [0.1, 0.15) is 28.5 Å². The molecule has 0 aliphatic carbocycles. The van der Waals surface area contributed by atoms with E-state index in [1.165, 1.54) is 0 Å². The maximum absolute atomic E-state index is 12.5. The quantitative estimate of drug-likeness (QED) is 0.751. The fourth-order valence-corrected chi connectivity index (χ4v) is 2.33. The molecule has 7 heteroatoms. The Kier molecular flexibility index (Phi) is 4.60. The molecule has 0 aliphatic heterocycles. The molecule has 21 heavy (non-hydrogen) atoms. The predicted molar refractivity (Wildman–Crippen MR) is 77.2 cm³/mol. The van der Waals surface area contributed by atoms with Crippen molar-refractivity contribution in [1.29, 1.82) is 0 Å². The molecular weight excluding hydrogens is 371 g/mol. The number of rotatable bonds is 2. The molecule has 1 aromatic carbocycles. The molecule has 0 saturated carbocycles. The van der Waals surface area contributed by atoms with Crippen molar-refractivity contribution in [3.05, 3.63) is 62.3 Å². The van der Waals surface area contributed by atoms with E-state index in [4.69, 9.17) is 11.6 Å². The Bertz CT molecular complexity index is 676. The zero-order valence-corrected chi connectivity index (χ0v) is 13.1. The fraction of sp³-hybridized carbons (Fsp3) is 0.214. The van der Waals surface area contributed by atoms with E-state index in [0.717, 1.165) is 22.2 Å². The molecule has 0 aliphatic rings. The third-order valence-electron chi connectivity index (χ3n) is 2.96. The molecule has 0 saturated heterocycles. The van der Waals surface area contributed by atoms with Gasteiger partial charge in [0.2, 0.25) is 0 Å². The summed E-state index contributed by atoms with van der Waals surface area (Å²) in [4.78, 5) is 3.30. The van der Waals surface area contributed by atoms with E-state index in [2.05, 4.69) is 20.9 Å². The van der Waals surface area contributed by atoms with Crippen LogP contribution in [0.5, 0.6) is 0 Å². The lowest BCUT2D eigenvalue weighted by atomic mass is 10.0. The van der Waals surface area contributed by atoms with Crippen molar-refractivity contribution in [3.63, 3.8) is 0 Å². The zero-order valence-electron chi connectivity index (χ0n) is 10.7. The van der Waals surface area contributed by atoms with E-state index in [1.807, 2.05) is 6.92 Å².